The molecule has 0 bridgehead atoms. The second-order valence-corrected chi connectivity index (χ2v) is 3.09. The van der Waals surface area contributed by atoms with Gasteiger partial charge in [-0.2, -0.15) is 0 Å². The minimum atomic E-state index is -1.77. The minimum absolute atomic E-state index is 0.177. The number of esters is 1. The molecule has 0 aromatic rings. The summed E-state index contributed by atoms with van der Waals surface area (Å²) in [5, 5.41) is 8.86. The molecule has 0 aromatic heterocycles. The van der Waals surface area contributed by atoms with E-state index < -0.39 is 17.5 Å². The first-order chi connectivity index (χ1) is 6.03. The van der Waals surface area contributed by atoms with Crippen LogP contribution in [0.15, 0.2) is 0 Å². The van der Waals surface area contributed by atoms with E-state index in [1.165, 1.54) is 0 Å². The zero-order valence-electron chi connectivity index (χ0n) is 7.57. The number of carbonyl (C=O) groups excluding carboxylic acids is 1. The van der Waals surface area contributed by atoms with Crippen molar-refractivity contribution in [3.05, 3.63) is 0 Å². The molecule has 0 aromatic carbocycles. The fraction of sp³-hybridized carbons (Fsp3) is 0.750. The summed E-state index contributed by atoms with van der Waals surface area (Å²) >= 11 is 0. The van der Waals surface area contributed by atoms with Crippen LogP contribution in [0.2, 0.25) is 0 Å². The van der Waals surface area contributed by atoms with Crippen molar-refractivity contribution < 1.29 is 24.2 Å². The van der Waals surface area contributed by atoms with Gasteiger partial charge < -0.3 is 14.6 Å². The Bertz CT molecular complexity index is 237. The van der Waals surface area contributed by atoms with Gasteiger partial charge in [-0.3, -0.25) is 0 Å². The van der Waals surface area contributed by atoms with E-state index in [1.54, 1.807) is 6.92 Å². The van der Waals surface area contributed by atoms with Crippen molar-refractivity contribution in [2.75, 3.05) is 7.11 Å². The van der Waals surface area contributed by atoms with E-state index in [2.05, 4.69) is 4.74 Å². The topological polar surface area (TPSA) is 72.8 Å². The maximum atomic E-state index is 11.2. The van der Waals surface area contributed by atoms with Crippen molar-refractivity contribution in [2.24, 2.45) is 0 Å². The smallest absolute Gasteiger partial charge is 0.350 e. The maximum absolute atomic E-state index is 11.2. The minimum Gasteiger partial charge on any atom is -0.479 e. The van der Waals surface area contributed by atoms with Gasteiger partial charge >= 0.3 is 11.9 Å². The van der Waals surface area contributed by atoms with Crippen molar-refractivity contribution in [2.45, 2.75) is 31.5 Å². The molecule has 1 N–H and O–H groups in total. The third-order valence-electron chi connectivity index (χ3n) is 2.17. The number of carbonyl (C=O) groups is 2. The second-order valence-electron chi connectivity index (χ2n) is 3.09. The zero-order chi connectivity index (χ0) is 10.1. The third-order valence-corrected chi connectivity index (χ3v) is 2.17. The molecule has 1 heterocycles. The number of ether oxygens (including phenoxy) is 2. The van der Waals surface area contributed by atoms with Crippen LogP contribution in [0.3, 0.4) is 0 Å². The SMILES string of the molecule is COC(=O)C1(C(=O)O)CCC(C)O1. The van der Waals surface area contributed by atoms with Gasteiger partial charge in [0.15, 0.2) is 0 Å². The Balaban J connectivity index is 2.89. The van der Waals surface area contributed by atoms with Crippen molar-refractivity contribution >= 4 is 11.9 Å². The normalized spacial score (nSPS) is 32.9. The molecule has 5 nitrogen and oxygen atoms in total. The highest BCUT2D eigenvalue weighted by molar-refractivity contribution is 6.03. The van der Waals surface area contributed by atoms with Crippen LogP contribution in [-0.2, 0) is 19.1 Å². The quantitative estimate of drug-likeness (QED) is 0.494. The molecular formula is C8H12O5. The number of rotatable bonds is 2. The van der Waals surface area contributed by atoms with Gasteiger partial charge in [0.2, 0.25) is 0 Å². The Morgan fingerprint density at radius 3 is 2.54 bits per heavy atom. The lowest BCUT2D eigenvalue weighted by atomic mass is 10.0. The molecular weight excluding hydrogens is 176 g/mol. The molecule has 13 heavy (non-hydrogen) atoms. The Hall–Kier alpha value is -1.10. The van der Waals surface area contributed by atoms with Crippen LogP contribution in [0.1, 0.15) is 19.8 Å². The number of hydrogen-bond donors (Lipinski definition) is 1. The fourth-order valence-corrected chi connectivity index (χ4v) is 1.43. The molecule has 74 valence electrons. The van der Waals surface area contributed by atoms with E-state index >= 15 is 0 Å². The van der Waals surface area contributed by atoms with Gasteiger partial charge in [0.1, 0.15) is 0 Å². The van der Waals surface area contributed by atoms with Gasteiger partial charge in [0.05, 0.1) is 13.2 Å². The van der Waals surface area contributed by atoms with Gasteiger partial charge in [0.25, 0.3) is 5.60 Å². The van der Waals surface area contributed by atoms with Gasteiger partial charge in [0, 0.05) is 6.42 Å². The molecule has 2 atom stereocenters. The highest BCUT2D eigenvalue weighted by atomic mass is 16.6. The summed E-state index contributed by atoms with van der Waals surface area (Å²) in [5.41, 5.74) is -1.77. The third kappa shape index (κ3) is 1.51. The number of methoxy groups -OCH3 is 1. The maximum Gasteiger partial charge on any atom is 0.350 e. The Kier molecular flexibility index (Phi) is 2.56. The fourth-order valence-electron chi connectivity index (χ4n) is 1.43. The molecule has 1 aliphatic heterocycles. The van der Waals surface area contributed by atoms with E-state index in [0.29, 0.717) is 6.42 Å². The van der Waals surface area contributed by atoms with Crippen molar-refractivity contribution in [3.8, 4) is 0 Å². The lowest BCUT2D eigenvalue weighted by molar-refractivity contribution is -0.183. The molecule has 0 amide bonds. The van der Waals surface area contributed by atoms with Crippen molar-refractivity contribution in [1.29, 1.82) is 0 Å². The average Bonchev–Trinajstić information content (AvgIpc) is 2.47. The van der Waals surface area contributed by atoms with E-state index in [-0.39, 0.29) is 12.5 Å². The van der Waals surface area contributed by atoms with Gasteiger partial charge in [-0.15, -0.1) is 0 Å². The largest absolute Gasteiger partial charge is 0.479 e. The van der Waals surface area contributed by atoms with Crippen LogP contribution in [-0.4, -0.2) is 35.9 Å². The van der Waals surface area contributed by atoms with E-state index in [9.17, 15) is 9.59 Å². The van der Waals surface area contributed by atoms with E-state index in [0.717, 1.165) is 7.11 Å². The summed E-state index contributed by atoms with van der Waals surface area (Å²) in [7, 11) is 1.15. The predicted octanol–water partition coefficient (Wildman–Crippen LogP) is 0.182. The zero-order valence-corrected chi connectivity index (χ0v) is 7.57. The van der Waals surface area contributed by atoms with Gasteiger partial charge in [-0.1, -0.05) is 0 Å². The van der Waals surface area contributed by atoms with Crippen LogP contribution in [0.5, 0.6) is 0 Å². The van der Waals surface area contributed by atoms with Crippen LogP contribution in [0, 0.1) is 0 Å². The highest BCUT2D eigenvalue weighted by Gasteiger charge is 2.53. The second kappa shape index (κ2) is 3.33. The lowest BCUT2D eigenvalue weighted by Crippen LogP contribution is -2.47. The highest BCUT2D eigenvalue weighted by Crippen LogP contribution is 2.31. The summed E-state index contributed by atoms with van der Waals surface area (Å²) in [6.45, 7) is 1.73. The predicted molar refractivity (Wildman–Crippen MR) is 42.2 cm³/mol. The average molecular weight is 188 g/mol. The van der Waals surface area contributed by atoms with E-state index in [4.69, 9.17) is 9.84 Å². The molecule has 2 unspecified atom stereocenters. The molecule has 1 aliphatic rings. The molecule has 1 saturated heterocycles. The first kappa shape index (κ1) is 9.98. The first-order valence-corrected chi connectivity index (χ1v) is 4.02. The summed E-state index contributed by atoms with van der Waals surface area (Å²) in [5.74, 6) is -2.10. The molecule has 1 rings (SSSR count). The number of aliphatic carboxylic acids is 1. The molecule has 0 radical (unpaired) electrons. The molecule has 5 heteroatoms. The summed E-state index contributed by atoms with van der Waals surface area (Å²) in [4.78, 5) is 22.0. The monoisotopic (exact) mass is 188 g/mol. The van der Waals surface area contributed by atoms with Gasteiger partial charge in [-0.25, -0.2) is 9.59 Å². The summed E-state index contributed by atoms with van der Waals surface area (Å²) in [6.07, 6.45) is 0.521. The Morgan fingerprint density at radius 2 is 2.23 bits per heavy atom. The van der Waals surface area contributed by atoms with E-state index in [1.807, 2.05) is 0 Å². The number of hydrogen-bond acceptors (Lipinski definition) is 4. The number of carboxylic acid groups (broad SMARTS) is 1. The molecule has 0 spiro atoms. The van der Waals surface area contributed by atoms with Crippen LogP contribution in [0.25, 0.3) is 0 Å². The number of carboxylic acids is 1. The van der Waals surface area contributed by atoms with Gasteiger partial charge in [-0.05, 0) is 13.3 Å². The Morgan fingerprint density at radius 1 is 1.62 bits per heavy atom. The van der Waals surface area contributed by atoms with Crippen molar-refractivity contribution in [3.63, 3.8) is 0 Å². The molecule has 0 aliphatic carbocycles. The van der Waals surface area contributed by atoms with Crippen molar-refractivity contribution in [1.82, 2.24) is 0 Å². The molecule has 1 fully saturated rings. The summed E-state index contributed by atoms with van der Waals surface area (Å²) < 4.78 is 9.49. The standard InChI is InChI=1S/C8H12O5/c1-5-3-4-8(13-5,6(9)10)7(11)12-2/h5H,3-4H2,1-2H3,(H,9,10). The van der Waals surface area contributed by atoms with Crippen LogP contribution >= 0.6 is 0 Å². The molecule has 0 saturated carbocycles. The lowest BCUT2D eigenvalue weighted by Gasteiger charge is -2.20. The van der Waals surface area contributed by atoms with Crippen LogP contribution in [0.4, 0.5) is 0 Å². The summed E-state index contributed by atoms with van der Waals surface area (Å²) in [6, 6.07) is 0. The first-order valence-electron chi connectivity index (χ1n) is 4.02. The van der Waals surface area contributed by atoms with Crippen LogP contribution < -0.4 is 0 Å². The Labute approximate surface area is 75.6 Å².